The Morgan fingerprint density at radius 1 is 1.41 bits per heavy atom. The Morgan fingerprint density at radius 3 is 2.71 bits per heavy atom. The van der Waals surface area contributed by atoms with E-state index in [-0.39, 0.29) is 5.91 Å². The summed E-state index contributed by atoms with van der Waals surface area (Å²) in [5, 5.41) is 0.700. The van der Waals surface area contributed by atoms with Crippen molar-refractivity contribution in [2.24, 2.45) is 11.7 Å². The summed E-state index contributed by atoms with van der Waals surface area (Å²) in [7, 11) is 0. The molecule has 17 heavy (non-hydrogen) atoms. The van der Waals surface area contributed by atoms with E-state index < -0.39 is 0 Å². The lowest BCUT2D eigenvalue weighted by molar-refractivity contribution is -0.129. The number of likely N-dealkylation sites (tertiary alicyclic amines) is 1. The van der Waals surface area contributed by atoms with Gasteiger partial charge in [-0.05, 0) is 36.6 Å². The van der Waals surface area contributed by atoms with Crippen molar-refractivity contribution in [2.75, 3.05) is 19.6 Å². The molecule has 2 rings (SSSR count). The Kier molecular flexibility index (Phi) is 4.02. The van der Waals surface area contributed by atoms with Crippen LogP contribution >= 0.6 is 11.6 Å². The van der Waals surface area contributed by atoms with Gasteiger partial charge in [0, 0.05) is 18.1 Å². The number of nitrogens with two attached hydrogens (primary N) is 1. The van der Waals surface area contributed by atoms with Crippen LogP contribution in [0, 0.1) is 5.92 Å². The Morgan fingerprint density at radius 2 is 2.12 bits per heavy atom. The van der Waals surface area contributed by atoms with Gasteiger partial charge in [0.1, 0.15) is 0 Å². The second kappa shape index (κ2) is 5.52. The minimum Gasteiger partial charge on any atom is -0.342 e. The molecule has 0 bridgehead atoms. The molecule has 1 aromatic carbocycles. The molecule has 1 aliphatic rings. The molecular weight excluding hydrogens is 236 g/mol. The molecule has 0 unspecified atom stereocenters. The van der Waals surface area contributed by atoms with Crippen molar-refractivity contribution < 1.29 is 4.79 Å². The predicted molar refractivity (Wildman–Crippen MR) is 68.9 cm³/mol. The van der Waals surface area contributed by atoms with Crippen molar-refractivity contribution >= 4 is 17.5 Å². The number of carbonyl (C=O) groups excluding carboxylic acids is 1. The summed E-state index contributed by atoms with van der Waals surface area (Å²) in [4.78, 5) is 13.9. The van der Waals surface area contributed by atoms with Gasteiger partial charge in [0.15, 0.2) is 0 Å². The zero-order chi connectivity index (χ0) is 12.3. The summed E-state index contributed by atoms with van der Waals surface area (Å²) in [5.41, 5.74) is 6.62. The number of benzene rings is 1. The van der Waals surface area contributed by atoms with Crippen LogP contribution < -0.4 is 5.73 Å². The van der Waals surface area contributed by atoms with Crippen LogP contribution in [0.1, 0.15) is 12.0 Å². The predicted octanol–water partition coefficient (Wildman–Crippen LogP) is 1.69. The van der Waals surface area contributed by atoms with Crippen molar-refractivity contribution in [3.05, 3.63) is 34.9 Å². The van der Waals surface area contributed by atoms with Crippen LogP contribution in [0.3, 0.4) is 0 Å². The van der Waals surface area contributed by atoms with Crippen LogP contribution in [0.2, 0.25) is 5.02 Å². The lowest BCUT2D eigenvalue weighted by atomic mass is 10.1. The summed E-state index contributed by atoms with van der Waals surface area (Å²) in [6, 6.07) is 7.43. The molecule has 0 radical (unpaired) electrons. The number of hydrogen-bond donors (Lipinski definition) is 1. The molecule has 1 saturated heterocycles. The highest BCUT2D eigenvalue weighted by atomic mass is 35.5. The first-order valence-electron chi connectivity index (χ1n) is 5.91. The van der Waals surface area contributed by atoms with Crippen LogP contribution in [-0.2, 0) is 11.2 Å². The van der Waals surface area contributed by atoms with Crippen molar-refractivity contribution in [1.82, 2.24) is 4.90 Å². The molecule has 1 aromatic rings. The van der Waals surface area contributed by atoms with E-state index in [0.717, 1.165) is 25.1 Å². The average molecular weight is 253 g/mol. The highest BCUT2D eigenvalue weighted by molar-refractivity contribution is 6.30. The molecule has 0 spiro atoms. The third-order valence-corrected chi connectivity index (χ3v) is 3.49. The highest BCUT2D eigenvalue weighted by Crippen LogP contribution is 2.17. The van der Waals surface area contributed by atoms with E-state index in [4.69, 9.17) is 17.3 Å². The van der Waals surface area contributed by atoms with E-state index >= 15 is 0 Å². The minimum atomic E-state index is 0.184. The lowest BCUT2D eigenvalue weighted by Crippen LogP contribution is -2.31. The van der Waals surface area contributed by atoms with Gasteiger partial charge in [0.2, 0.25) is 5.91 Å². The largest absolute Gasteiger partial charge is 0.342 e. The van der Waals surface area contributed by atoms with Crippen LogP contribution in [-0.4, -0.2) is 30.4 Å². The molecule has 1 fully saturated rings. The van der Waals surface area contributed by atoms with Gasteiger partial charge in [-0.1, -0.05) is 23.7 Å². The Hall–Kier alpha value is -1.06. The van der Waals surface area contributed by atoms with Gasteiger partial charge >= 0.3 is 0 Å². The Balaban J connectivity index is 1.91. The zero-order valence-corrected chi connectivity index (χ0v) is 10.5. The third-order valence-electron chi connectivity index (χ3n) is 3.24. The average Bonchev–Trinajstić information content (AvgIpc) is 2.81. The first kappa shape index (κ1) is 12.4. The van der Waals surface area contributed by atoms with Crippen molar-refractivity contribution in [2.45, 2.75) is 12.8 Å². The molecule has 1 atom stereocenters. The van der Waals surface area contributed by atoms with E-state index in [1.807, 2.05) is 29.2 Å². The maximum atomic E-state index is 12.0. The molecule has 0 aromatic heterocycles. The van der Waals surface area contributed by atoms with Crippen LogP contribution in [0.4, 0.5) is 0 Å². The maximum absolute atomic E-state index is 12.0. The molecule has 0 saturated carbocycles. The second-order valence-corrected chi connectivity index (χ2v) is 4.97. The molecule has 1 aliphatic heterocycles. The van der Waals surface area contributed by atoms with Gasteiger partial charge in [0.05, 0.1) is 6.42 Å². The van der Waals surface area contributed by atoms with Crippen molar-refractivity contribution in [3.8, 4) is 0 Å². The maximum Gasteiger partial charge on any atom is 0.226 e. The number of rotatable bonds is 3. The fraction of sp³-hybridized carbons (Fsp3) is 0.462. The fourth-order valence-electron chi connectivity index (χ4n) is 2.14. The normalized spacial score (nSPS) is 19.6. The summed E-state index contributed by atoms with van der Waals surface area (Å²) in [6.07, 6.45) is 1.48. The van der Waals surface area contributed by atoms with Gasteiger partial charge in [-0.2, -0.15) is 0 Å². The van der Waals surface area contributed by atoms with E-state index in [9.17, 15) is 4.79 Å². The van der Waals surface area contributed by atoms with E-state index in [1.54, 1.807) is 0 Å². The molecule has 0 aliphatic carbocycles. The Labute approximate surface area is 107 Å². The smallest absolute Gasteiger partial charge is 0.226 e. The quantitative estimate of drug-likeness (QED) is 0.890. The van der Waals surface area contributed by atoms with Crippen LogP contribution in [0.25, 0.3) is 0 Å². The van der Waals surface area contributed by atoms with E-state index in [1.165, 1.54) is 0 Å². The monoisotopic (exact) mass is 252 g/mol. The molecular formula is C13H17ClN2O. The standard InChI is InChI=1S/C13H17ClN2O/c14-12-3-1-10(2-4-12)7-13(17)16-6-5-11(8-15)9-16/h1-4,11H,5-9,15H2/t11-/m0/s1. The van der Waals surface area contributed by atoms with E-state index in [2.05, 4.69) is 0 Å². The number of carbonyl (C=O) groups is 1. The minimum absolute atomic E-state index is 0.184. The van der Waals surface area contributed by atoms with Crippen molar-refractivity contribution in [3.63, 3.8) is 0 Å². The van der Waals surface area contributed by atoms with Gasteiger partial charge in [-0.3, -0.25) is 4.79 Å². The van der Waals surface area contributed by atoms with Crippen LogP contribution in [0.15, 0.2) is 24.3 Å². The summed E-state index contributed by atoms with van der Waals surface area (Å²) >= 11 is 5.80. The van der Waals surface area contributed by atoms with Crippen molar-refractivity contribution in [1.29, 1.82) is 0 Å². The number of amides is 1. The topological polar surface area (TPSA) is 46.3 Å². The summed E-state index contributed by atoms with van der Waals surface area (Å²) in [6.45, 7) is 2.32. The van der Waals surface area contributed by atoms with Gasteiger partial charge in [0.25, 0.3) is 0 Å². The number of halogens is 1. The molecule has 4 heteroatoms. The highest BCUT2D eigenvalue weighted by Gasteiger charge is 2.24. The molecule has 1 amide bonds. The van der Waals surface area contributed by atoms with Gasteiger partial charge in [-0.25, -0.2) is 0 Å². The Bertz CT molecular complexity index is 391. The SMILES string of the molecule is NC[C@@H]1CCN(C(=O)Cc2ccc(Cl)cc2)C1. The van der Waals surface area contributed by atoms with Crippen LogP contribution in [0.5, 0.6) is 0 Å². The van der Waals surface area contributed by atoms with Gasteiger partial charge in [-0.15, -0.1) is 0 Å². The summed E-state index contributed by atoms with van der Waals surface area (Å²) < 4.78 is 0. The fourth-order valence-corrected chi connectivity index (χ4v) is 2.27. The lowest BCUT2D eigenvalue weighted by Gasteiger charge is -2.16. The number of nitrogens with zero attached hydrogens (tertiary/aromatic N) is 1. The summed E-state index contributed by atoms with van der Waals surface area (Å²) in [5.74, 6) is 0.660. The first-order valence-corrected chi connectivity index (χ1v) is 6.29. The van der Waals surface area contributed by atoms with Gasteiger partial charge < -0.3 is 10.6 Å². The van der Waals surface area contributed by atoms with E-state index in [0.29, 0.717) is 23.9 Å². The third kappa shape index (κ3) is 3.20. The first-order chi connectivity index (χ1) is 8.19. The molecule has 3 nitrogen and oxygen atoms in total. The molecule has 92 valence electrons. The molecule has 2 N–H and O–H groups in total. The zero-order valence-electron chi connectivity index (χ0n) is 9.73. The second-order valence-electron chi connectivity index (χ2n) is 4.53. The molecule has 1 heterocycles. The number of hydrogen-bond acceptors (Lipinski definition) is 2.